The molecule has 5 rings (SSSR count). The minimum Gasteiger partial charge on any atom is -0.451 e. The van der Waals surface area contributed by atoms with E-state index in [1.807, 2.05) is 13.1 Å². The largest absolute Gasteiger partial charge is 0.451 e. The number of fused-ring (bicyclic) bond motifs is 1. The molecule has 1 aliphatic rings. The average Bonchev–Trinajstić information content (AvgIpc) is 3.52. The number of amides is 1. The lowest BCUT2D eigenvalue weighted by molar-refractivity contribution is 0.0773. The quantitative estimate of drug-likeness (QED) is 0.350. The van der Waals surface area contributed by atoms with Crippen molar-refractivity contribution in [2.75, 3.05) is 6.54 Å². The fourth-order valence-electron chi connectivity index (χ4n) is 5.61. The highest BCUT2D eigenvalue weighted by Gasteiger charge is 2.32. The van der Waals surface area contributed by atoms with Gasteiger partial charge in [-0.05, 0) is 74.9 Å². The molecule has 36 heavy (non-hydrogen) atoms. The minimum absolute atomic E-state index is 0.0797. The monoisotopic (exact) mass is 485 g/mol. The molecule has 0 radical (unpaired) electrons. The first-order valence-electron chi connectivity index (χ1n) is 12.8. The van der Waals surface area contributed by atoms with Crippen LogP contribution in [0.1, 0.15) is 79.8 Å². The Hall–Kier alpha value is -3.45. The van der Waals surface area contributed by atoms with Crippen molar-refractivity contribution in [3.8, 4) is 11.3 Å². The normalized spacial score (nSPS) is 18.9. The standard InChI is InChI=1S/C29H35N5O2/c1-17(2)27-23-13-20(6-7-24(23)33-28(27)21-8-10-30-19(5)12-21)26-14-22(9-11-34(26)18(3)4)32-29(35)25-15-36-16-31-25/h6-8,10,12-13,15-18,22,26,33H,9,11,14H2,1-5H3,(H,32,35). The third kappa shape index (κ3) is 4.67. The van der Waals surface area contributed by atoms with Crippen molar-refractivity contribution in [3.05, 3.63) is 71.7 Å². The summed E-state index contributed by atoms with van der Waals surface area (Å²) in [5, 5.41) is 4.45. The van der Waals surface area contributed by atoms with Gasteiger partial charge in [-0.1, -0.05) is 19.9 Å². The Bertz CT molecular complexity index is 1360. The first-order valence-corrected chi connectivity index (χ1v) is 12.8. The number of hydrogen-bond acceptors (Lipinski definition) is 5. The van der Waals surface area contributed by atoms with Gasteiger partial charge in [-0.25, -0.2) is 4.98 Å². The van der Waals surface area contributed by atoms with Crippen LogP contribution in [0.3, 0.4) is 0 Å². The number of oxazole rings is 1. The van der Waals surface area contributed by atoms with Gasteiger partial charge in [0.15, 0.2) is 12.1 Å². The highest BCUT2D eigenvalue weighted by molar-refractivity contribution is 5.92. The number of aryl methyl sites for hydroxylation is 1. The summed E-state index contributed by atoms with van der Waals surface area (Å²) in [4.78, 5) is 27.3. The number of benzene rings is 1. The van der Waals surface area contributed by atoms with Crippen LogP contribution in [0.25, 0.3) is 22.2 Å². The van der Waals surface area contributed by atoms with Crippen molar-refractivity contribution in [2.45, 2.75) is 71.5 Å². The number of carbonyl (C=O) groups excluding carboxylic acids is 1. The Balaban J connectivity index is 1.50. The summed E-state index contributed by atoms with van der Waals surface area (Å²) in [6.07, 6.45) is 6.32. The maximum atomic E-state index is 12.6. The van der Waals surface area contributed by atoms with Gasteiger partial charge in [-0.15, -0.1) is 0 Å². The van der Waals surface area contributed by atoms with Gasteiger partial charge in [0.25, 0.3) is 5.91 Å². The Morgan fingerprint density at radius 3 is 2.69 bits per heavy atom. The Morgan fingerprint density at radius 1 is 1.17 bits per heavy atom. The van der Waals surface area contributed by atoms with Crippen LogP contribution in [0.15, 0.2) is 53.6 Å². The van der Waals surface area contributed by atoms with Crippen LogP contribution < -0.4 is 5.32 Å². The van der Waals surface area contributed by atoms with Gasteiger partial charge in [0, 0.05) is 53.0 Å². The summed E-state index contributed by atoms with van der Waals surface area (Å²) >= 11 is 0. The molecule has 0 spiro atoms. The van der Waals surface area contributed by atoms with Crippen LogP contribution in [-0.4, -0.2) is 44.4 Å². The molecule has 188 valence electrons. The smallest absolute Gasteiger partial charge is 0.273 e. The number of hydrogen-bond donors (Lipinski definition) is 2. The van der Waals surface area contributed by atoms with Crippen molar-refractivity contribution in [2.24, 2.45) is 0 Å². The highest BCUT2D eigenvalue weighted by atomic mass is 16.3. The Kier molecular flexibility index (Phi) is 6.67. The number of aromatic amines is 1. The van der Waals surface area contributed by atoms with Crippen molar-refractivity contribution >= 4 is 16.8 Å². The number of carbonyl (C=O) groups is 1. The molecule has 4 heterocycles. The summed E-state index contributed by atoms with van der Waals surface area (Å²) in [5.74, 6) is 0.186. The second kappa shape index (κ2) is 9.90. The average molecular weight is 486 g/mol. The molecule has 1 aliphatic heterocycles. The molecule has 2 unspecified atom stereocenters. The van der Waals surface area contributed by atoms with E-state index in [4.69, 9.17) is 4.42 Å². The zero-order valence-corrected chi connectivity index (χ0v) is 21.7. The maximum absolute atomic E-state index is 12.6. The number of pyridine rings is 1. The van der Waals surface area contributed by atoms with E-state index in [1.165, 1.54) is 40.4 Å². The van der Waals surface area contributed by atoms with Gasteiger partial charge in [-0.3, -0.25) is 14.7 Å². The van der Waals surface area contributed by atoms with Crippen LogP contribution >= 0.6 is 0 Å². The fourth-order valence-corrected chi connectivity index (χ4v) is 5.61. The van der Waals surface area contributed by atoms with Gasteiger partial charge in [0.1, 0.15) is 6.26 Å². The number of aromatic nitrogens is 3. The molecule has 1 fully saturated rings. The summed E-state index contributed by atoms with van der Waals surface area (Å²) in [6, 6.07) is 11.7. The van der Waals surface area contributed by atoms with E-state index in [9.17, 15) is 4.79 Å². The Labute approximate surface area is 212 Å². The van der Waals surface area contributed by atoms with Crippen LogP contribution in [0.2, 0.25) is 0 Å². The third-order valence-corrected chi connectivity index (χ3v) is 7.32. The SMILES string of the molecule is Cc1cc(-c2[nH]c3ccc(C4CC(NC(=O)c5cocn5)CCN4C(C)C)cc3c2C(C)C)ccn1. The Morgan fingerprint density at radius 2 is 2.00 bits per heavy atom. The van der Waals surface area contributed by atoms with E-state index < -0.39 is 0 Å². The van der Waals surface area contributed by atoms with Crippen molar-refractivity contribution in [1.29, 1.82) is 0 Å². The van der Waals surface area contributed by atoms with Crippen molar-refractivity contribution < 1.29 is 9.21 Å². The van der Waals surface area contributed by atoms with E-state index in [1.54, 1.807) is 0 Å². The van der Waals surface area contributed by atoms with E-state index >= 15 is 0 Å². The lowest BCUT2D eigenvalue weighted by Gasteiger charge is -2.42. The first-order chi connectivity index (χ1) is 17.3. The zero-order valence-electron chi connectivity index (χ0n) is 21.7. The van der Waals surface area contributed by atoms with Crippen molar-refractivity contribution in [1.82, 2.24) is 25.2 Å². The first kappa shape index (κ1) is 24.3. The number of piperidine rings is 1. The van der Waals surface area contributed by atoms with E-state index in [-0.39, 0.29) is 18.0 Å². The summed E-state index contributed by atoms with van der Waals surface area (Å²) in [6.45, 7) is 12.0. The van der Waals surface area contributed by atoms with E-state index in [0.717, 1.165) is 30.6 Å². The molecular weight excluding hydrogens is 450 g/mol. The van der Waals surface area contributed by atoms with Gasteiger partial charge in [0.2, 0.25) is 0 Å². The van der Waals surface area contributed by atoms with E-state index in [2.05, 4.69) is 83.2 Å². The molecular formula is C29H35N5O2. The summed E-state index contributed by atoms with van der Waals surface area (Å²) < 4.78 is 4.99. The van der Waals surface area contributed by atoms with Gasteiger partial charge in [-0.2, -0.15) is 0 Å². The predicted molar refractivity (Wildman–Crippen MR) is 142 cm³/mol. The number of H-pyrrole nitrogens is 1. The molecule has 0 bridgehead atoms. The molecule has 4 aromatic rings. The molecule has 1 amide bonds. The highest BCUT2D eigenvalue weighted by Crippen LogP contribution is 2.39. The molecule has 1 saturated heterocycles. The van der Waals surface area contributed by atoms with Crippen LogP contribution in [-0.2, 0) is 0 Å². The molecule has 7 nitrogen and oxygen atoms in total. The molecule has 3 aromatic heterocycles. The zero-order chi connectivity index (χ0) is 25.4. The number of likely N-dealkylation sites (tertiary alicyclic amines) is 1. The number of rotatable bonds is 6. The van der Waals surface area contributed by atoms with Gasteiger partial charge >= 0.3 is 0 Å². The molecule has 2 atom stereocenters. The number of nitrogens with zero attached hydrogens (tertiary/aromatic N) is 3. The van der Waals surface area contributed by atoms with Crippen LogP contribution in [0, 0.1) is 6.92 Å². The molecule has 1 aromatic carbocycles. The minimum atomic E-state index is -0.175. The van der Waals surface area contributed by atoms with Gasteiger partial charge in [0.05, 0.1) is 5.69 Å². The predicted octanol–water partition coefficient (Wildman–Crippen LogP) is 5.99. The molecule has 7 heteroatoms. The topological polar surface area (TPSA) is 87.0 Å². The second-order valence-electron chi connectivity index (χ2n) is 10.5. The second-order valence-corrected chi connectivity index (χ2v) is 10.5. The summed E-state index contributed by atoms with van der Waals surface area (Å²) in [7, 11) is 0. The van der Waals surface area contributed by atoms with Crippen LogP contribution in [0.4, 0.5) is 0 Å². The third-order valence-electron chi connectivity index (χ3n) is 7.32. The summed E-state index contributed by atoms with van der Waals surface area (Å²) in [5.41, 5.74) is 7.44. The molecule has 0 saturated carbocycles. The molecule has 2 N–H and O–H groups in total. The van der Waals surface area contributed by atoms with Crippen molar-refractivity contribution in [3.63, 3.8) is 0 Å². The molecule has 0 aliphatic carbocycles. The lowest BCUT2D eigenvalue weighted by Crippen LogP contribution is -2.48. The van der Waals surface area contributed by atoms with E-state index in [0.29, 0.717) is 17.7 Å². The van der Waals surface area contributed by atoms with Crippen LogP contribution in [0.5, 0.6) is 0 Å². The number of nitrogens with one attached hydrogen (secondary N) is 2. The maximum Gasteiger partial charge on any atom is 0.273 e. The van der Waals surface area contributed by atoms with Gasteiger partial charge < -0.3 is 14.7 Å². The lowest BCUT2D eigenvalue weighted by atomic mass is 9.88. The fraction of sp³-hybridized carbons (Fsp3) is 0.414.